The van der Waals surface area contributed by atoms with Crippen LogP contribution in [0.3, 0.4) is 0 Å². The first kappa shape index (κ1) is 12.9. The van der Waals surface area contributed by atoms with Crippen LogP contribution >= 0.6 is 0 Å². The summed E-state index contributed by atoms with van der Waals surface area (Å²) in [7, 11) is 0. The predicted octanol–water partition coefficient (Wildman–Crippen LogP) is 4.10. The van der Waals surface area contributed by atoms with Crippen LogP contribution in [-0.4, -0.2) is 5.78 Å². The number of ether oxygens (including phenoxy) is 1. The van der Waals surface area contributed by atoms with Crippen LogP contribution in [0, 0.1) is 0 Å². The minimum Gasteiger partial charge on any atom is -0.489 e. The first-order valence-electron chi connectivity index (χ1n) is 7.09. The zero-order chi connectivity index (χ0) is 13.8. The summed E-state index contributed by atoms with van der Waals surface area (Å²) in [6.07, 6.45) is 2.42. The molecule has 0 saturated heterocycles. The molecule has 0 unspecified atom stereocenters. The Balaban J connectivity index is 1.60. The molecule has 0 bridgehead atoms. The molecule has 0 spiro atoms. The van der Waals surface area contributed by atoms with E-state index in [1.54, 1.807) is 0 Å². The van der Waals surface area contributed by atoms with Crippen molar-refractivity contribution in [3.63, 3.8) is 0 Å². The molecule has 0 amide bonds. The molecule has 3 rings (SSSR count). The predicted molar refractivity (Wildman–Crippen MR) is 78.8 cm³/mol. The highest BCUT2D eigenvalue weighted by Gasteiger charge is 2.23. The van der Waals surface area contributed by atoms with Crippen molar-refractivity contribution in [2.24, 2.45) is 0 Å². The van der Waals surface area contributed by atoms with Crippen LogP contribution in [-0.2, 0) is 11.4 Å². The fourth-order valence-electron chi connectivity index (χ4n) is 2.68. The lowest BCUT2D eigenvalue weighted by Crippen LogP contribution is -1.97. The second-order valence-electron chi connectivity index (χ2n) is 5.32. The van der Waals surface area contributed by atoms with Crippen molar-refractivity contribution < 1.29 is 9.53 Å². The van der Waals surface area contributed by atoms with E-state index in [0.29, 0.717) is 24.7 Å². The molecule has 1 aliphatic rings. The van der Waals surface area contributed by atoms with Crippen molar-refractivity contribution in [1.29, 1.82) is 0 Å². The van der Waals surface area contributed by atoms with Gasteiger partial charge in [-0.2, -0.15) is 0 Å². The number of hydrogen-bond donors (Lipinski definition) is 0. The number of ketones is 1. The number of benzene rings is 2. The third-order valence-corrected chi connectivity index (χ3v) is 3.85. The summed E-state index contributed by atoms with van der Waals surface area (Å²) in [6.45, 7) is 0.585. The Morgan fingerprint density at radius 2 is 1.75 bits per heavy atom. The van der Waals surface area contributed by atoms with E-state index in [-0.39, 0.29) is 0 Å². The van der Waals surface area contributed by atoms with Crippen molar-refractivity contribution in [1.82, 2.24) is 0 Å². The lowest BCUT2D eigenvalue weighted by molar-refractivity contribution is -0.117. The maximum atomic E-state index is 11.3. The van der Waals surface area contributed by atoms with Crippen molar-refractivity contribution >= 4 is 5.78 Å². The molecule has 0 heterocycles. The molecule has 2 aromatic rings. The maximum Gasteiger partial charge on any atom is 0.133 e. The average molecular weight is 266 g/mol. The van der Waals surface area contributed by atoms with Gasteiger partial charge in [0.05, 0.1) is 0 Å². The Hall–Kier alpha value is -2.09. The number of Topliss-reactive ketones (excluding diaryl/α,β-unsaturated/α-hetero) is 1. The van der Waals surface area contributed by atoms with E-state index < -0.39 is 0 Å². The van der Waals surface area contributed by atoms with Gasteiger partial charge in [0.2, 0.25) is 0 Å². The normalized spacial score (nSPS) is 18.2. The van der Waals surface area contributed by atoms with Crippen molar-refractivity contribution in [3.05, 3.63) is 65.7 Å². The molecule has 2 nitrogen and oxygen atoms in total. The fraction of sp³-hybridized carbons (Fsp3) is 0.278. The van der Waals surface area contributed by atoms with Crippen LogP contribution in [0.5, 0.6) is 5.75 Å². The molecule has 1 atom stereocenters. The summed E-state index contributed by atoms with van der Waals surface area (Å²) >= 11 is 0. The number of hydrogen-bond acceptors (Lipinski definition) is 2. The highest BCUT2D eigenvalue weighted by molar-refractivity contribution is 5.81. The van der Waals surface area contributed by atoms with Crippen molar-refractivity contribution in [3.8, 4) is 5.75 Å². The molecule has 0 aromatic heterocycles. The standard InChI is InChI=1S/C18H18O2/c19-17-9-6-16(12-17)15-7-10-18(11-8-15)20-13-14-4-2-1-3-5-14/h1-5,7-8,10-11,16H,6,9,12-13H2/t16-/m0/s1. The molecular weight excluding hydrogens is 248 g/mol. The largest absolute Gasteiger partial charge is 0.489 e. The molecule has 20 heavy (non-hydrogen) atoms. The summed E-state index contributed by atoms with van der Waals surface area (Å²) in [4.78, 5) is 11.3. The first-order chi connectivity index (χ1) is 9.81. The van der Waals surface area contributed by atoms with Gasteiger partial charge in [-0.05, 0) is 35.6 Å². The monoisotopic (exact) mass is 266 g/mol. The second-order valence-corrected chi connectivity index (χ2v) is 5.32. The SMILES string of the molecule is O=C1CC[C@H](c2ccc(OCc3ccccc3)cc2)C1. The summed E-state index contributed by atoms with van der Waals surface area (Å²) in [6, 6.07) is 18.3. The Kier molecular flexibility index (Phi) is 3.82. The topological polar surface area (TPSA) is 26.3 Å². The Labute approximate surface area is 119 Å². The van der Waals surface area contributed by atoms with Gasteiger partial charge in [0.1, 0.15) is 18.1 Å². The molecule has 0 radical (unpaired) electrons. The van der Waals surface area contributed by atoms with Crippen molar-refractivity contribution in [2.75, 3.05) is 0 Å². The minimum atomic E-state index is 0.388. The molecule has 1 aliphatic carbocycles. The molecule has 1 saturated carbocycles. The smallest absolute Gasteiger partial charge is 0.133 e. The van der Waals surface area contributed by atoms with Crippen LogP contribution in [0.1, 0.15) is 36.3 Å². The van der Waals surface area contributed by atoms with Gasteiger partial charge in [-0.25, -0.2) is 0 Å². The zero-order valence-corrected chi connectivity index (χ0v) is 11.4. The second kappa shape index (κ2) is 5.91. The van der Waals surface area contributed by atoms with Crippen LogP contribution < -0.4 is 4.74 Å². The number of carbonyl (C=O) groups is 1. The van der Waals surface area contributed by atoms with E-state index >= 15 is 0 Å². The summed E-state index contributed by atoms with van der Waals surface area (Å²) < 4.78 is 5.76. The molecule has 2 heteroatoms. The quantitative estimate of drug-likeness (QED) is 0.832. The Morgan fingerprint density at radius 1 is 1.00 bits per heavy atom. The van der Waals surface area contributed by atoms with Gasteiger partial charge in [0, 0.05) is 12.8 Å². The molecule has 0 aliphatic heterocycles. The Morgan fingerprint density at radius 3 is 2.40 bits per heavy atom. The third kappa shape index (κ3) is 3.08. The molecule has 2 aromatic carbocycles. The van der Waals surface area contributed by atoms with Gasteiger partial charge >= 0.3 is 0 Å². The third-order valence-electron chi connectivity index (χ3n) is 3.85. The van der Waals surface area contributed by atoms with Crippen LogP contribution in [0.25, 0.3) is 0 Å². The highest BCUT2D eigenvalue weighted by atomic mass is 16.5. The summed E-state index contributed by atoms with van der Waals surface area (Å²) in [5, 5.41) is 0. The molecule has 102 valence electrons. The molecular formula is C18H18O2. The lowest BCUT2D eigenvalue weighted by atomic mass is 9.98. The maximum absolute atomic E-state index is 11.3. The first-order valence-corrected chi connectivity index (χ1v) is 7.09. The lowest BCUT2D eigenvalue weighted by Gasteiger charge is -2.10. The van der Waals surface area contributed by atoms with E-state index in [0.717, 1.165) is 24.2 Å². The summed E-state index contributed by atoms with van der Waals surface area (Å²) in [5.41, 5.74) is 2.42. The van der Waals surface area contributed by atoms with Gasteiger partial charge in [0.15, 0.2) is 0 Å². The van der Waals surface area contributed by atoms with E-state index in [1.165, 1.54) is 5.56 Å². The summed E-state index contributed by atoms with van der Waals surface area (Å²) in [5.74, 6) is 1.67. The van der Waals surface area contributed by atoms with E-state index in [1.807, 2.05) is 30.3 Å². The van der Waals surface area contributed by atoms with Gasteiger partial charge in [-0.15, -0.1) is 0 Å². The van der Waals surface area contributed by atoms with Gasteiger partial charge in [-0.1, -0.05) is 42.5 Å². The van der Waals surface area contributed by atoms with Gasteiger partial charge < -0.3 is 4.74 Å². The van der Waals surface area contributed by atoms with Crippen LogP contribution in [0.4, 0.5) is 0 Å². The zero-order valence-electron chi connectivity index (χ0n) is 11.4. The van der Waals surface area contributed by atoms with E-state index in [4.69, 9.17) is 4.74 Å². The number of carbonyl (C=O) groups excluding carboxylic acids is 1. The average Bonchev–Trinajstić information content (AvgIpc) is 2.93. The van der Waals surface area contributed by atoms with Crippen LogP contribution in [0.15, 0.2) is 54.6 Å². The van der Waals surface area contributed by atoms with Gasteiger partial charge in [-0.3, -0.25) is 4.79 Å². The highest BCUT2D eigenvalue weighted by Crippen LogP contribution is 2.32. The number of rotatable bonds is 4. The molecule has 0 N–H and O–H groups in total. The van der Waals surface area contributed by atoms with Crippen LogP contribution in [0.2, 0.25) is 0 Å². The Bertz CT molecular complexity index is 572. The minimum absolute atomic E-state index is 0.388. The van der Waals surface area contributed by atoms with E-state index in [9.17, 15) is 4.79 Å². The van der Waals surface area contributed by atoms with Gasteiger partial charge in [0.25, 0.3) is 0 Å². The fourth-order valence-corrected chi connectivity index (χ4v) is 2.68. The van der Waals surface area contributed by atoms with Crippen molar-refractivity contribution in [2.45, 2.75) is 31.8 Å². The van der Waals surface area contributed by atoms with E-state index in [2.05, 4.69) is 24.3 Å². The molecule has 1 fully saturated rings.